The van der Waals surface area contributed by atoms with E-state index in [0.29, 0.717) is 5.02 Å². The number of aromatic nitrogens is 5. The third kappa shape index (κ3) is 4.65. The highest BCUT2D eigenvalue weighted by atomic mass is 35.5. The molecule has 2 heterocycles. The molecule has 0 saturated carbocycles. The molecule has 0 amide bonds. The number of hydrogen-bond acceptors (Lipinski definition) is 4. The largest absolute Gasteiger partial charge is 0.270 e. The van der Waals surface area contributed by atoms with Gasteiger partial charge in [-0.25, -0.2) is 4.68 Å². The Labute approximate surface area is 208 Å². The molecule has 0 aliphatic heterocycles. The smallest absolute Gasteiger partial charge is 0.196 e. The number of hydrogen-bond donors (Lipinski definition) is 0. The van der Waals surface area contributed by atoms with Crippen molar-refractivity contribution in [3.63, 3.8) is 0 Å². The van der Waals surface area contributed by atoms with E-state index in [1.165, 1.54) is 11.1 Å². The third-order valence-electron chi connectivity index (χ3n) is 5.59. The van der Waals surface area contributed by atoms with Gasteiger partial charge < -0.3 is 0 Å². The number of benzene rings is 3. The molecule has 2 aromatic heterocycles. The molecule has 0 spiro atoms. The SMILES string of the molecule is Cc1ccc(-n2c(SCc3ccc(-n4nc(C)cc4C)cc3)nnc2-c2ccc(Cl)cc2)cc1. The summed E-state index contributed by atoms with van der Waals surface area (Å²) in [5.41, 5.74) is 7.63. The van der Waals surface area contributed by atoms with Gasteiger partial charge >= 0.3 is 0 Å². The second kappa shape index (κ2) is 9.49. The first-order valence-corrected chi connectivity index (χ1v) is 12.4. The number of aryl methyl sites for hydroxylation is 3. The van der Waals surface area contributed by atoms with Crippen LogP contribution in [0.3, 0.4) is 0 Å². The normalized spacial score (nSPS) is 11.2. The molecule has 0 N–H and O–H groups in total. The fraction of sp³-hybridized carbons (Fsp3) is 0.148. The van der Waals surface area contributed by atoms with Crippen molar-refractivity contribution in [1.82, 2.24) is 24.5 Å². The van der Waals surface area contributed by atoms with Crippen LogP contribution in [0.4, 0.5) is 0 Å². The van der Waals surface area contributed by atoms with Crippen LogP contribution in [-0.4, -0.2) is 24.5 Å². The zero-order valence-corrected chi connectivity index (χ0v) is 20.8. The summed E-state index contributed by atoms with van der Waals surface area (Å²) >= 11 is 7.77. The predicted molar refractivity (Wildman–Crippen MR) is 139 cm³/mol. The topological polar surface area (TPSA) is 48.5 Å². The van der Waals surface area contributed by atoms with Crippen LogP contribution in [0.15, 0.2) is 84.0 Å². The van der Waals surface area contributed by atoms with E-state index in [-0.39, 0.29) is 0 Å². The molecule has 5 aromatic rings. The van der Waals surface area contributed by atoms with Crippen molar-refractivity contribution in [1.29, 1.82) is 0 Å². The zero-order valence-electron chi connectivity index (χ0n) is 19.2. The second-order valence-corrected chi connectivity index (χ2v) is 9.66. The lowest BCUT2D eigenvalue weighted by Gasteiger charge is -2.11. The summed E-state index contributed by atoms with van der Waals surface area (Å²) < 4.78 is 4.08. The number of nitrogens with zero attached hydrogens (tertiary/aromatic N) is 5. The minimum absolute atomic E-state index is 0.698. The van der Waals surface area contributed by atoms with E-state index in [0.717, 1.165) is 45.1 Å². The maximum absolute atomic E-state index is 6.10. The standard InChI is InChI=1S/C27H24ClN5S/c1-18-4-12-24(13-5-18)32-26(22-8-10-23(28)11-9-22)29-30-27(32)34-17-21-6-14-25(15-7-21)33-20(3)16-19(2)31-33/h4-16H,17H2,1-3H3. The molecule has 0 fully saturated rings. The Balaban J connectivity index is 1.43. The minimum Gasteiger partial charge on any atom is -0.270 e. The first kappa shape index (κ1) is 22.4. The molecule has 0 atom stereocenters. The zero-order chi connectivity index (χ0) is 23.7. The van der Waals surface area contributed by atoms with E-state index < -0.39 is 0 Å². The summed E-state index contributed by atoms with van der Waals surface area (Å²) in [5.74, 6) is 1.57. The Hall–Kier alpha value is -3.35. The molecule has 0 radical (unpaired) electrons. The monoisotopic (exact) mass is 485 g/mol. The predicted octanol–water partition coefficient (Wildman–Crippen LogP) is 6.99. The Bertz CT molecular complexity index is 1420. The molecular weight excluding hydrogens is 462 g/mol. The summed E-state index contributed by atoms with van der Waals surface area (Å²) in [6.45, 7) is 6.17. The van der Waals surface area contributed by atoms with Gasteiger partial charge in [-0.05, 0) is 80.9 Å². The van der Waals surface area contributed by atoms with Gasteiger partial charge in [0.25, 0.3) is 0 Å². The van der Waals surface area contributed by atoms with Crippen LogP contribution in [0.2, 0.25) is 5.02 Å². The van der Waals surface area contributed by atoms with Gasteiger partial charge in [0.1, 0.15) is 0 Å². The van der Waals surface area contributed by atoms with E-state index in [9.17, 15) is 0 Å². The van der Waals surface area contributed by atoms with Crippen molar-refractivity contribution in [2.45, 2.75) is 31.7 Å². The maximum atomic E-state index is 6.10. The number of thioether (sulfide) groups is 1. The van der Waals surface area contributed by atoms with Crippen molar-refractivity contribution in [3.8, 4) is 22.8 Å². The highest BCUT2D eigenvalue weighted by Crippen LogP contribution is 2.30. The molecular formula is C27H24ClN5S. The molecule has 0 bridgehead atoms. The van der Waals surface area contributed by atoms with E-state index in [1.54, 1.807) is 11.8 Å². The van der Waals surface area contributed by atoms with Crippen LogP contribution >= 0.6 is 23.4 Å². The van der Waals surface area contributed by atoms with E-state index >= 15 is 0 Å². The Morgan fingerprint density at radius 3 is 2.12 bits per heavy atom. The van der Waals surface area contributed by atoms with Crippen molar-refractivity contribution < 1.29 is 0 Å². The van der Waals surface area contributed by atoms with Gasteiger partial charge in [-0.3, -0.25) is 4.57 Å². The molecule has 3 aromatic carbocycles. The lowest BCUT2D eigenvalue weighted by atomic mass is 10.2. The van der Waals surface area contributed by atoms with Gasteiger partial charge in [0, 0.05) is 27.7 Å². The lowest BCUT2D eigenvalue weighted by molar-refractivity contribution is 0.833. The molecule has 7 heteroatoms. The van der Waals surface area contributed by atoms with E-state index in [2.05, 4.69) is 88.3 Å². The molecule has 0 unspecified atom stereocenters. The van der Waals surface area contributed by atoms with Crippen LogP contribution < -0.4 is 0 Å². The van der Waals surface area contributed by atoms with Crippen molar-refractivity contribution >= 4 is 23.4 Å². The van der Waals surface area contributed by atoms with Gasteiger partial charge in [0.15, 0.2) is 11.0 Å². The summed E-state index contributed by atoms with van der Waals surface area (Å²) in [6.07, 6.45) is 0. The fourth-order valence-electron chi connectivity index (χ4n) is 3.85. The number of rotatable bonds is 6. The molecule has 5 rings (SSSR count). The van der Waals surface area contributed by atoms with Gasteiger partial charge in [-0.15, -0.1) is 10.2 Å². The fourth-order valence-corrected chi connectivity index (χ4v) is 4.88. The van der Waals surface area contributed by atoms with Crippen LogP contribution in [0.5, 0.6) is 0 Å². The highest BCUT2D eigenvalue weighted by molar-refractivity contribution is 7.98. The number of halogens is 1. The van der Waals surface area contributed by atoms with Crippen molar-refractivity contribution in [2.75, 3.05) is 0 Å². The first-order chi connectivity index (χ1) is 16.5. The lowest BCUT2D eigenvalue weighted by Crippen LogP contribution is -2.00. The van der Waals surface area contributed by atoms with Crippen LogP contribution in [0.25, 0.3) is 22.8 Å². The summed E-state index contributed by atoms with van der Waals surface area (Å²) in [7, 11) is 0. The summed E-state index contributed by atoms with van der Waals surface area (Å²) in [4.78, 5) is 0. The van der Waals surface area contributed by atoms with Crippen LogP contribution in [0, 0.1) is 20.8 Å². The van der Waals surface area contributed by atoms with Gasteiger partial charge in [0.05, 0.1) is 11.4 Å². The molecule has 0 aliphatic rings. The van der Waals surface area contributed by atoms with Crippen LogP contribution in [-0.2, 0) is 5.75 Å². The Kier molecular flexibility index (Phi) is 6.26. The van der Waals surface area contributed by atoms with E-state index in [1.807, 2.05) is 35.9 Å². The van der Waals surface area contributed by atoms with Crippen molar-refractivity contribution in [2.24, 2.45) is 0 Å². The molecule has 170 valence electrons. The molecule has 0 aliphatic carbocycles. The molecule has 34 heavy (non-hydrogen) atoms. The van der Waals surface area contributed by atoms with Crippen LogP contribution in [0.1, 0.15) is 22.5 Å². The molecule has 0 saturated heterocycles. The average molecular weight is 486 g/mol. The van der Waals surface area contributed by atoms with Gasteiger partial charge in [0.2, 0.25) is 0 Å². The quantitative estimate of drug-likeness (QED) is 0.243. The Morgan fingerprint density at radius 2 is 1.47 bits per heavy atom. The molecule has 5 nitrogen and oxygen atoms in total. The third-order valence-corrected chi connectivity index (χ3v) is 6.84. The highest BCUT2D eigenvalue weighted by Gasteiger charge is 2.16. The maximum Gasteiger partial charge on any atom is 0.196 e. The van der Waals surface area contributed by atoms with Gasteiger partial charge in [-0.1, -0.05) is 53.2 Å². The summed E-state index contributed by atoms with van der Waals surface area (Å²) in [5, 5.41) is 15.2. The average Bonchev–Trinajstić information content (AvgIpc) is 3.41. The Morgan fingerprint density at radius 1 is 0.794 bits per heavy atom. The van der Waals surface area contributed by atoms with E-state index in [4.69, 9.17) is 11.6 Å². The van der Waals surface area contributed by atoms with Crippen molar-refractivity contribution in [3.05, 3.63) is 106 Å². The second-order valence-electron chi connectivity index (χ2n) is 8.28. The minimum atomic E-state index is 0.698. The summed E-state index contributed by atoms with van der Waals surface area (Å²) in [6, 6.07) is 26.7. The first-order valence-electron chi connectivity index (χ1n) is 11.0. The van der Waals surface area contributed by atoms with Gasteiger partial charge in [-0.2, -0.15) is 5.10 Å².